The highest BCUT2D eigenvalue weighted by molar-refractivity contribution is 6.32. The Morgan fingerprint density at radius 2 is 1.57 bits per heavy atom. The van der Waals surface area contributed by atoms with Crippen molar-refractivity contribution in [3.8, 4) is 11.5 Å². The van der Waals surface area contributed by atoms with Crippen molar-refractivity contribution in [2.45, 2.75) is 17.2 Å². The van der Waals surface area contributed by atoms with Crippen molar-refractivity contribution in [3.05, 3.63) is 48.0 Å². The van der Waals surface area contributed by atoms with Crippen molar-refractivity contribution in [1.29, 1.82) is 0 Å². The van der Waals surface area contributed by atoms with Crippen LogP contribution in [-0.4, -0.2) is 55.3 Å². The summed E-state index contributed by atoms with van der Waals surface area (Å²) in [6, 6.07) is 10.8. The van der Waals surface area contributed by atoms with E-state index in [4.69, 9.17) is 37.4 Å². The molecule has 194 valence electrons. The zero-order valence-corrected chi connectivity index (χ0v) is 21.5. The van der Waals surface area contributed by atoms with Crippen molar-refractivity contribution in [3.63, 3.8) is 0 Å². The van der Waals surface area contributed by atoms with Gasteiger partial charge in [0.1, 0.15) is 11.5 Å². The molecule has 3 aliphatic rings. The maximum absolute atomic E-state index is 13.1. The van der Waals surface area contributed by atoms with Gasteiger partial charge < -0.3 is 19.5 Å². The van der Waals surface area contributed by atoms with Crippen LogP contribution < -0.4 is 19.7 Å². The van der Waals surface area contributed by atoms with Gasteiger partial charge in [-0.15, -0.1) is 23.2 Å². The summed E-state index contributed by atoms with van der Waals surface area (Å²) in [4.78, 5) is 52.2. The molecule has 37 heavy (non-hydrogen) atoms. The molecule has 3 fully saturated rings. The number of carbonyl (C=O) groups excluding carboxylic acids is 4. The zero-order valence-electron chi connectivity index (χ0n) is 20.0. The molecule has 0 spiro atoms. The van der Waals surface area contributed by atoms with Gasteiger partial charge in [0.25, 0.3) is 5.91 Å². The molecule has 0 aromatic heterocycles. The standard InChI is InChI=1S/C26H24Cl2N2O7/c1-35-14-7-8-17(18(9-14)36-2)29-19(31)11-37-26(34)12-3-5-13(6-4-12)30-24(32)20-15-10-16(21(20)25(30)33)23(28)22(15)27/h3-9,15-16,20-23H,10-11H2,1-2H3,(H,29,31)/t15-,16-,20-,21+,22-,23+/m1/s1. The van der Waals surface area contributed by atoms with Crippen molar-refractivity contribution < 1.29 is 33.4 Å². The van der Waals surface area contributed by atoms with Gasteiger partial charge in [-0.25, -0.2) is 4.79 Å². The Morgan fingerprint density at radius 3 is 2.14 bits per heavy atom. The van der Waals surface area contributed by atoms with Crippen LogP contribution in [0.4, 0.5) is 11.4 Å². The monoisotopic (exact) mass is 546 g/mol. The largest absolute Gasteiger partial charge is 0.497 e. The molecule has 9 nitrogen and oxygen atoms in total. The fourth-order valence-electron chi connectivity index (χ4n) is 5.65. The Kier molecular flexibility index (Phi) is 6.76. The number of amides is 3. The van der Waals surface area contributed by atoms with E-state index in [9.17, 15) is 19.2 Å². The first-order valence-electron chi connectivity index (χ1n) is 11.7. The maximum Gasteiger partial charge on any atom is 0.338 e. The molecule has 11 heteroatoms. The van der Waals surface area contributed by atoms with Crippen LogP contribution in [-0.2, 0) is 19.1 Å². The quantitative estimate of drug-likeness (QED) is 0.321. The lowest BCUT2D eigenvalue weighted by Crippen LogP contribution is -2.37. The van der Waals surface area contributed by atoms with E-state index in [2.05, 4.69) is 5.32 Å². The fourth-order valence-corrected chi connectivity index (χ4v) is 6.55. The summed E-state index contributed by atoms with van der Waals surface area (Å²) >= 11 is 12.8. The number of rotatable bonds is 7. The second-order valence-electron chi connectivity index (χ2n) is 9.25. The van der Waals surface area contributed by atoms with Crippen molar-refractivity contribution in [2.24, 2.45) is 23.7 Å². The lowest BCUT2D eigenvalue weighted by atomic mass is 9.80. The number of benzene rings is 2. The minimum absolute atomic E-state index is 0.112. The topological polar surface area (TPSA) is 111 Å². The van der Waals surface area contributed by atoms with E-state index >= 15 is 0 Å². The minimum Gasteiger partial charge on any atom is -0.497 e. The van der Waals surface area contributed by atoms with Crippen molar-refractivity contribution in [1.82, 2.24) is 0 Å². The van der Waals surface area contributed by atoms with E-state index in [1.165, 1.54) is 38.5 Å². The maximum atomic E-state index is 13.1. The van der Waals surface area contributed by atoms with Gasteiger partial charge >= 0.3 is 5.97 Å². The number of alkyl halides is 2. The first-order chi connectivity index (χ1) is 17.7. The molecule has 3 amide bonds. The summed E-state index contributed by atoms with van der Waals surface area (Å²) in [5.41, 5.74) is 0.925. The SMILES string of the molecule is COc1ccc(NC(=O)COC(=O)c2ccc(N3C(=O)[C@@H]4[C@H]5C[C@@H]([C@H](Cl)[C@@H]5Cl)[C@@H]4C3=O)cc2)c(OC)c1. The Balaban J connectivity index is 1.20. The van der Waals surface area contributed by atoms with E-state index < -0.39 is 30.3 Å². The lowest BCUT2D eigenvalue weighted by Gasteiger charge is -2.28. The molecular formula is C26H24Cl2N2O7. The average molecular weight is 547 g/mol. The fraction of sp³-hybridized carbons (Fsp3) is 0.385. The number of imide groups is 1. The minimum atomic E-state index is -0.729. The van der Waals surface area contributed by atoms with Gasteiger partial charge in [-0.1, -0.05) is 0 Å². The number of ether oxygens (including phenoxy) is 3. The predicted molar refractivity (Wildman–Crippen MR) is 135 cm³/mol. The van der Waals surface area contributed by atoms with Crippen LogP contribution in [0, 0.1) is 23.7 Å². The molecule has 2 saturated carbocycles. The highest BCUT2D eigenvalue weighted by Crippen LogP contribution is 2.59. The van der Waals surface area contributed by atoms with Crippen molar-refractivity contribution >= 4 is 58.3 Å². The van der Waals surface area contributed by atoms with Gasteiger partial charge in [0.15, 0.2) is 6.61 Å². The molecule has 1 aliphatic heterocycles. The number of carbonyl (C=O) groups is 4. The molecule has 1 heterocycles. The summed E-state index contributed by atoms with van der Waals surface area (Å²) in [5.74, 6) is -2.03. The highest BCUT2D eigenvalue weighted by Gasteiger charge is 2.66. The number of fused-ring (bicyclic) bond motifs is 5. The molecule has 0 radical (unpaired) electrons. The van der Waals surface area contributed by atoms with Gasteiger partial charge in [0.2, 0.25) is 11.8 Å². The van der Waals surface area contributed by atoms with E-state index in [-0.39, 0.29) is 40.0 Å². The first kappa shape index (κ1) is 25.4. The molecule has 2 bridgehead atoms. The number of anilines is 2. The summed E-state index contributed by atoms with van der Waals surface area (Å²) in [7, 11) is 2.97. The van der Waals surface area contributed by atoms with E-state index in [0.29, 0.717) is 29.3 Å². The van der Waals surface area contributed by atoms with Crippen LogP contribution in [0.2, 0.25) is 0 Å². The molecule has 1 saturated heterocycles. The zero-order chi connectivity index (χ0) is 26.4. The summed E-state index contributed by atoms with van der Waals surface area (Å²) in [6.07, 6.45) is 0.687. The van der Waals surface area contributed by atoms with Gasteiger partial charge in [-0.3, -0.25) is 19.3 Å². The second-order valence-corrected chi connectivity index (χ2v) is 10.3. The first-order valence-corrected chi connectivity index (χ1v) is 12.6. The highest BCUT2D eigenvalue weighted by atomic mass is 35.5. The van der Waals surface area contributed by atoms with E-state index in [1.54, 1.807) is 18.2 Å². The van der Waals surface area contributed by atoms with Crippen LogP contribution in [0.25, 0.3) is 0 Å². The number of esters is 1. The number of hydrogen-bond donors (Lipinski definition) is 1. The van der Waals surface area contributed by atoms with Crippen LogP contribution in [0.15, 0.2) is 42.5 Å². The molecule has 6 atom stereocenters. The summed E-state index contributed by atoms with van der Waals surface area (Å²) in [5, 5.41) is 1.96. The molecule has 2 aromatic rings. The second kappa shape index (κ2) is 9.87. The number of hydrogen-bond acceptors (Lipinski definition) is 7. The van der Waals surface area contributed by atoms with Crippen LogP contribution in [0.3, 0.4) is 0 Å². The van der Waals surface area contributed by atoms with Crippen molar-refractivity contribution in [2.75, 3.05) is 31.0 Å². The van der Waals surface area contributed by atoms with Gasteiger partial charge in [-0.2, -0.15) is 0 Å². The summed E-state index contributed by atoms with van der Waals surface area (Å²) in [6.45, 7) is -0.524. The van der Waals surface area contributed by atoms with Crippen LogP contribution in [0.5, 0.6) is 11.5 Å². The van der Waals surface area contributed by atoms with Crippen LogP contribution >= 0.6 is 23.2 Å². The number of nitrogens with zero attached hydrogens (tertiary/aromatic N) is 1. The third kappa shape index (κ3) is 4.30. The molecule has 0 unspecified atom stereocenters. The molecule has 2 aliphatic carbocycles. The number of halogens is 2. The smallest absolute Gasteiger partial charge is 0.338 e. The normalized spacial score (nSPS) is 27.7. The van der Waals surface area contributed by atoms with Gasteiger partial charge in [0.05, 0.1) is 53.7 Å². The Labute approximate surface area is 222 Å². The third-order valence-corrected chi connectivity index (χ3v) is 8.68. The third-order valence-electron chi connectivity index (χ3n) is 7.37. The molecule has 1 N–H and O–H groups in total. The van der Waals surface area contributed by atoms with Gasteiger partial charge in [0, 0.05) is 6.07 Å². The predicted octanol–water partition coefficient (Wildman–Crippen LogP) is 3.47. The Hall–Kier alpha value is -3.30. The van der Waals surface area contributed by atoms with Crippen LogP contribution in [0.1, 0.15) is 16.8 Å². The van der Waals surface area contributed by atoms with E-state index in [0.717, 1.165) is 4.90 Å². The summed E-state index contributed by atoms with van der Waals surface area (Å²) < 4.78 is 15.5. The molecule has 5 rings (SSSR count). The van der Waals surface area contributed by atoms with E-state index in [1.807, 2.05) is 0 Å². The Bertz CT molecular complexity index is 1240. The number of nitrogens with one attached hydrogen (secondary N) is 1. The molecule has 2 aromatic carbocycles. The number of methoxy groups -OCH3 is 2. The van der Waals surface area contributed by atoms with Gasteiger partial charge in [-0.05, 0) is 54.7 Å². The Morgan fingerprint density at radius 1 is 0.946 bits per heavy atom. The lowest BCUT2D eigenvalue weighted by molar-refractivity contribution is -0.123. The average Bonchev–Trinajstić information content (AvgIpc) is 3.52. The molecular weight excluding hydrogens is 523 g/mol.